The van der Waals surface area contributed by atoms with Gasteiger partial charge in [0, 0.05) is 28.7 Å². The van der Waals surface area contributed by atoms with E-state index in [0.717, 1.165) is 4.31 Å². The van der Waals surface area contributed by atoms with Crippen molar-refractivity contribution >= 4 is 62.3 Å². The summed E-state index contributed by atoms with van der Waals surface area (Å²) in [4.78, 5) is 27.4. The Morgan fingerprint density at radius 2 is 1.53 bits per heavy atom. The molecule has 0 saturated heterocycles. The minimum atomic E-state index is -4.20. The van der Waals surface area contributed by atoms with E-state index in [4.69, 9.17) is 34.8 Å². The highest BCUT2D eigenvalue weighted by atomic mass is 35.5. The van der Waals surface area contributed by atoms with E-state index < -0.39 is 34.4 Å². The van der Waals surface area contributed by atoms with Crippen LogP contribution in [0.1, 0.15) is 12.5 Å². The molecule has 0 bridgehead atoms. The lowest BCUT2D eigenvalue weighted by Crippen LogP contribution is -2.50. The summed E-state index contributed by atoms with van der Waals surface area (Å²) in [6.45, 7) is 0.993. The first kappa shape index (κ1) is 27.8. The van der Waals surface area contributed by atoms with Gasteiger partial charge in [-0.1, -0.05) is 65.1 Å². The van der Waals surface area contributed by atoms with Crippen LogP contribution >= 0.6 is 34.8 Å². The molecule has 0 heterocycles. The molecule has 190 valence electrons. The Hall–Kier alpha value is -2.78. The van der Waals surface area contributed by atoms with Gasteiger partial charge in [0.15, 0.2) is 0 Å². The van der Waals surface area contributed by atoms with Crippen molar-refractivity contribution in [1.29, 1.82) is 0 Å². The molecule has 0 saturated carbocycles. The second kappa shape index (κ2) is 12.0. The summed E-state index contributed by atoms with van der Waals surface area (Å²) in [6.07, 6.45) is 0. The predicted molar refractivity (Wildman–Crippen MR) is 143 cm³/mol. The Kier molecular flexibility index (Phi) is 9.24. The van der Waals surface area contributed by atoms with E-state index in [1.54, 1.807) is 49.4 Å². The van der Waals surface area contributed by atoms with Gasteiger partial charge in [0.05, 0.1) is 10.6 Å². The van der Waals surface area contributed by atoms with Crippen LogP contribution in [-0.2, 0) is 26.2 Å². The van der Waals surface area contributed by atoms with Crippen molar-refractivity contribution in [3.05, 3.63) is 93.4 Å². The number of benzene rings is 3. The highest BCUT2D eigenvalue weighted by Gasteiger charge is 2.32. The zero-order chi connectivity index (χ0) is 26.5. The van der Waals surface area contributed by atoms with Crippen molar-refractivity contribution in [2.75, 3.05) is 17.9 Å². The molecule has 1 atom stereocenters. The number of sulfonamides is 1. The molecule has 0 aliphatic carbocycles. The van der Waals surface area contributed by atoms with Gasteiger partial charge in [-0.3, -0.25) is 13.9 Å². The van der Waals surface area contributed by atoms with Gasteiger partial charge in [0.1, 0.15) is 12.6 Å². The van der Waals surface area contributed by atoms with Crippen molar-refractivity contribution in [2.45, 2.75) is 24.4 Å². The van der Waals surface area contributed by atoms with Gasteiger partial charge in [0.2, 0.25) is 11.8 Å². The third-order valence-electron chi connectivity index (χ3n) is 5.40. The molecule has 36 heavy (non-hydrogen) atoms. The van der Waals surface area contributed by atoms with Crippen LogP contribution in [0.25, 0.3) is 0 Å². The van der Waals surface area contributed by atoms with E-state index in [9.17, 15) is 18.0 Å². The molecule has 0 aliphatic heterocycles. The van der Waals surface area contributed by atoms with Crippen LogP contribution in [0.3, 0.4) is 0 Å². The highest BCUT2D eigenvalue weighted by Crippen LogP contribution is 2.30. The zero-order valence-corrected chi connectivity index (χ0v) is 22.6. The van der Waals surface area contributed by atoms with Gasteiger partial charge in [-0.15, -0.1) is 0 Å². The fraction of sp³-hybridized carbons (Fsp3) is 0.200. The Morgan fingerprint density at radius 1 is 0.889 bits per heavy atom. The molecule has 2 amide bonds. The summed E-state index contributed by atoms with van der Waals surface area (Å²) in [5.74, 6) is -1.02. The lowest BCUT2D eigenvalue weighted by molar-refractivity contribution is -0.139. The normalized spacial score (nSPS) is 12.0. The van der Waals surface area contributed by atoms with Crippen LogP contribution in [0.15, 0.2) is 77.7 Å². The molecule has 3 aromatic rings. The minimum absolute atomic E-state index is 0.0189. The van der Waals surface area contributed by atoms with Gasteiger partial charge < -0.3 is 10.2 Å². The van der Waals surface area contributed by atoms with Crippen molar-refractivity contribution in [1.82, 2.24) is 10.2 Å². The first-order chi connectivity index (χ1) is 17.0. The van der Waals surface area contributed by atoms with Crippen LogP contribution in [-0.4, -0.2) is 44.8 Å². The fourth-order valence-corrected chi connectivity index (χ4v) is 5.70. The summed E-state index contributed by atoms with van der Waals surface area (Å²) in [5.41, 5.74) is 0.787. The lowest BCUT2D eigenvalue weighted by Gasteiger charge is -2.32. The minimum Gasteiger partial charge on any atom is -0.357 e. The van der Waals surface area contributed by atoms with E-state index in [1.165, 1.54) is 42.3 Å². The summed E-state index contributed by atoms with van der Waals surface area (Å²) >= 11 is 18.4. The maximum Gasteiger partial charge on any atom is 0.264 e. The third kappa shape index (κ3) is 6.70. The topological polar surface area (TPSA) is 86.8 Å². The number of nitrogens with zero attached hydrogens (tertiary/aromatic N) is 2. The third-order valence-corrected chi connectivity index (χ3v) is 7.86. The number of amides is 2. The maximum atomic E-state index is 13.7. The lowest BCUT2D eigenvalue weighted by atomic mass is 10.1. The van der Waals surface area contributed by atoms with Crippen molar-refractivity contribution < 1.29 is 18.0 Å². The second-order valence-electron chi connectivity index (χ2n) is 7.89. The molecule has 1 N–H and O–H groups in total. The Balaban J connectivity index is 2.06. The number of hydrogen-bond acceptors (Lipinski definition) is 4. The van der Waals surface area contributed by atoms with E-state index in [0.29, 0.717) is 10.6 Å². The number of halogens is 3. The van der Waals surface area contributed by atoms with Crippen LogP contribution in [0.2, 0.25) is 15.1 Å². The average molecular weight is 569 g/mol. The molecule has 7 nitrogen and oxygen atoms in total. The quantitative estimate of drug-likeness (QED) is 0.393. The summed E-state index contributed by atoms with van der Waals surface area (Å²) in [7, 11) is -2.74. The monoisotopic (exact) mass is 567 g/mol. The van der Waals surface area contributed by atoms with Crippen LogP contribution in [0, 0.1) is 0 Å². The summed E-state index contributed by atoms with van der Waals surface area (Å²) in [6, 6.07) is 17.9. The van der Waals surface area contributed by atoms with Crippen LogP contribution in [0.4, 0.5) is 5.69 Å². The number of hydrogen-bond donors (Lipinski definition) is 1. The Bertz CT molecular complexity index is 1330. The first-order valence-electron chi connectivity index (χ1n) is 10.8. The van der Waals surface area contributed by atoms with E-state index in [1.807, 2.05) is 0 Å². The SMILES string of the molecule is CNC(=O)C(C)N(Cc1cccc(Cl)c1)C(=O)CN(c1cc(Cl)cc(Cl)c1)S(=O)(=O)c1ccccc1. The summed E-state index contributed by atoms with van der Waals surface area (Å²) in [5, 5.41) is 3.40. The molecule has 0 aromatic heterocycles. The van der Waals surface area contributed by atoms with Crippen molar-refractivity contribution in [2.24, 2.45) is 0 Å². The number of carbonyl (C=O) groups excluding carboxylic acids is 2. The fourth-order valence-electron chi connectivity index (χ4n) is 3.56. The number of anilines is 1. The van der Waals surface area contributed by atoms with E-state index in [2.05, 4.69) is 5.32 Å². The molecular formula is C25H24Cl3N3O4S. The zero-order valence-electron chi connectivity index (χ0n) is 19.5. The van der Waals surface area contributed by atoms with Gasteiger partial charge in [-0.25, -0.2) is 8.42 Å². The summed E-state index contributed by atoms with van der Waals surface area (Å²) < 4.78 is 28.2. The number of carbonyl (C=O) groups is 2. The maximum absolute atomic E-state index is 13.7. The standard InChI is InChI=1S/C25H24Cl3N3O4S/c1-17(25(33)29-2)30(15-18-7-6-8-19(26)11-18)24(32)16-31(22-13-20(27)12-21(28)14-22)36(34,35)23-9-4-3-5-10-23/h3-14,17H,15-16H2,1-2H3,(H,29,33). The number of likely N-dealkylation sites (N-methyl/N-ethyl adjacent to an activating group) is 1. The molecular weight excluding hydrogens is 545 g/mol. The van der Waals surface area contributed by atoms with Gasteiger partial charge >= 0.3 is 0 Å². The highest BCUT2D eigenvalue weighted by molar-refractivity contribution is 7.92. The first-order valence-corrected chi connectivity index (χ1v) is 13.4. The molecule has 0 spiro atoms. The molecule has 3 rings (SSSR count). The predicted octanol–water partition coefficient (Wildman–Crippen LogP) is 5.01. The van der Waals surface area contributed by atoms with Gasteiger partial charge in [0.25, 0.3) is 10.0 Å². The second-order valence-corrected chi connectivity index (χ2v) is 11.1. The van der Waals surface area contributed by atoms with Crippen LogP contribution < -0.4 is 9.62 Å². The number of nitrogens with one attached hydrogen (secondary N) is 1. The molecule has 0 radical (unpaired) electrons. The average Bonchev–Trinajstić information content (AvgIpc) is 2.84. The van der Waals surface area contributed by atoms with E-state index >= 15 is 0 Å². The van der Waals surface area contributed by atoms with Crippen LogP contribution in [0.5, 0.6) is 0 Å². The molecule has 11 heteroatoms. The smallest absolute Gasteiger partial charge is 0.264 e. The molecule has 0 aliphatic rings. The van der Waals surface area contributed by atoms with E-state index in [-0.39, 0.29) is 27.2 Å². The Labute approximate surface area is 225 Å². The molecule has 3 aromatic carbocycles. The number of rotatable bonds is 9. The van der Waals surface area contributed by atoms with Gasteiger partial charge in [-0.2, -0.15) is 0 Å². The largest absolute Gasteiger partial charge is 0.357 e. The molecule has 0 fully saturated rings. The van der Waals surface area contributed by atoms with Crippen molar-refractivity contribution in [3.63, 3.8) is 0 Å². The van der Waals surface area contributed by atoms with Gasteiger partial charge in [-0.05, 0) is 55.0 Å². The molecule has 1 unspecified atom stereocenters. The van der Waals surface area contributed by atoms with Crippen molar-refractivity contribution in [3.8, 4) is 0 Å². The Morgan fingerprint density at radius 3 is 2.11 bits per heavy atom.